The lowest BCUT2D eigenvalue weighted by molar-refractivity contribution is -0.384. The zero-order valence-electron chi connectivity index (χ0n) is 16.2. The van der Waals surface area contributed by atoms with E-state index in [2.05, 4.69) is 14.7 Å². The fraction of sp³-hybridized carbons (Fsp3) is 0.100. The first-order valence-electron chi connectivity index (χ1n) is 8.61. The molecule has 0 amide bonds. The number of carbonyl (C=O) groups excluding carboxylic acids is 1. The third-order valence-corrected chi connectivity index (χ3v) is 4.70. The average Bonchev–Trinajstić information content (AvgIpc) is 2.78. The molecular formula is C20H14N4O6S. The Kier molecular flexibility index (Phi) is 6.32. The van der Waals surface area contributed by atoms with Crippen LogP contribution in [-0.2, 0) is 4.74 Å². The second-order valence-electron chi connectivity index (χ2n) is 5.97. The molecule has 1 heterocycles. The zero-order chi connectivity index (χ0) is 22.5. The number of hydrogen-bond acceptors (Lipinski definition) is 9. The number of nitro benzene ring substituents is 1. The highest BCUT2D eigenvalue weighted by Crippen LogP contribution is 2.32. The normalized spacial score (nSPS) is 10.2. The van der Waals surface area contributed by atoms with Crippen molar-refractivity contribution in [2.75, 3.05) is 13.4 Å². The van der Waals surface area contributed by atoms with Crippen molar-refractivity contribution in [2.24, 2.45) is 0 Å². The number of carbonyl (C=O) groups is 1. The lowest BCUT2D eigenvalue weighted by Crippen LogP contribution is -2.14. The van der Waals surface area contributed by atoms with Crippen LogP contribution in [0.4, 0.5) is 5.69 Å². The van der Waals surface area contributed by atoms with Crippen LogP contribution < -0.4 is 10.3 Å². The molecule has 0 aliphatic heterocycles. The van der Waals surface area contributed by atoms with Crippen molar-refractivity contribution in [1.82, 2.24) is 9.97 Å². The van der Waals surface area contributed by atoms with Gasteiger partial charge in [0.05, 0.1) is 17.7 Å². The fourth-order valence-corrected chi connectivity index (χ4v) is 3.06. The van der Waals surface area contributed by atoms with Crippen molar-refractivity contribution in [1.29, 1.82) is 5.26 Å². The van der Waals surface area contributed by atoms with Crippen LogP contribution in [-0.4, -0.2) is 34.2 Å². The Morgan fingerprint density at radius 3 is 2.71 bits per heavy atom. The van der Waals surface area contributed by atoms with E-state index in [9.17, 15) is 25.0 Å². The number of benzene rings is 2. The number of methoxy groups -OCH3 is 1. The van der Waals surface area contributed by atoms with Gasteiger partial charge in [-0.3, -0.25) is 14.9 Å². The quantitative estimate of drug-likeness (QED) is 0.200. The molecule has 31 heavy (non-hydrogen) atoms. The van der Waals surface area contributed by atoms with Gasteiger partial charge in [0.25, 0.3) is 11.2 Å². The molecule has 0 saturated heterocycles. The number of thioether (sulfide) groups is 1. The van der Waals surface area contributed by atoms with Gasteiger partial charge in [0, 0.05) is 17.7 Å². The van der Waals surface area contributed by atoms with Crippen molar-refractivity contribution >= 4 is 23.4 Å². The first-order valence-corrected chi connectivity index (χ1v) is 9.83. The van der Waals surface area contributed by atoms with Crippen LogP contribution in [0.3, 0.4) is 0 Å². The topological polar surface area (TPSA) is 148 Å². The number of rotatable bonds is 6. The molecule has 11 heteroatoms. The Bertz CT molecular complexity index is 1280. The average molecular weight is 438 g/mol. The molecule has 3 aromatic rings. The number of aromatic nitrogens is 2. The Morgan fingerprint density at radius 1 is 1.29 bits per heavy atom. The number of esters is 1. The van der Waals surface area contributed by atoms with Gasteiger partial charge in [-0.2, -0.15) is 5.26 Å². The van der Waals surface area contributed by atoms with E-state index < -0.39 is 16.5 Å². The molecule has 3 rings (SSSR count). The Labute approximate surface area is 179 Å². The number of H-pyrrole nitrogens is 1. The van der Waals surface area contributed by atoms with Crippen molar-refractivity contribution < 1.29 is 19.2 Å². The van der Waals surface area contributed by atoms with E-state index >= 15 is 0 Å². The summed E-state index contributed by atoms with van der Waals surface area (Å²) in [4.78, 5) is 41.5. The Morgan fingerprint density at radius 2 is 2.06 bits per heavy atom. The zero-order valence-corrected chi connectivity index (χ0v) is 17.1. The number of hydrogen-bond donors (Lipinski definition) is 1. The molecule has 0 aliphatic rings. The molecule has 0 saturated carbocycles. The minimum absolute atomic E-state index is 0.0405. The number of ether oxygens (including phenoxy) is 2. The van der Waals surface area contributed by atoms with Gasteiger partial charge in [-0.1, -0.05) is 23.9 Å². The molecule has 0 spiro atoms. The number of aromatic amines is 1. The largest absolute Gasteiger partial charge is 0.465 e. The Balaban J connectivity index is 2.06. The van der Waals surface area contributed by atoms with E-state index in [0.717, 1.165) is 13.2 Å². The van der Waals surface area contributed by atoms with Crippen LogP contribution in [0.25, 0.3) is 11.3 Å². The minimum atomic E-state index is -0.803. The number of non-ortho nitro benzene ring substituents is 1. The third kappa shape index (κ3) is 4.54. The molecule has 1 N–H and O–H groups in total. The van der Waals surface area contributed by atoms with Crippen LogP contribution in [0.5, 0.6) is 11.5 Å². The highest BCUT2D eigenvalue weighted by molar-refractivity contribution is 7.98. The summed E-state index contributed by atoms with van der Waals surface area (Å²) in [6.45, 7) is 0. The van der Waals surface area contributed by atoms with Crippen LogP contribution in [0, 0.1) is 21.4 Å². The molecule has 0 radical (unpaired) electrons. The predicted octanol–water partition coefficient (Wildman–Crippen LogP) is 3.52. The molecule has 0 atom stereocenters. The van der Waals surface area contributed by atoms with Crippen molar-refractivity contribution in [3.05, 3.63) is 74.1 Å². The van der Waals surface area contributed by atoms with E-state index in [4.69, 9.17) is 4.74 Å². The lowest BCUT2D eigenvalue weighted by atomic mass is 10.1. The maximum absolute atomic E-state index is 12.2. The van der Waals surface area contributed by atoms with E-state index in [1.54, 1.807) is 24.5 Å². The Hall–Kier alpha value is -4.17. The maximum atomic E-state index is 12.2. The lowest BCUT2D eigenvalue weighted by Gasteiger charge is -2.11. The van der Waals surface area contributed by atoms with Gasteiger partial charge in [-0.15, -0.1) is 0 Å². The standard InChI is InChI=1S/C20H14N4O6S/c1-29-19(26)14-9-12(24(27)28)6-7-16(14)30-13-5-3-4-11(8-13)17-15(10-21)18(25)23-20(22-17)31-2/h3-9H,1-2H3,(H,22,23,25). The molecule has 0 bridgehead atoms. The fourth-order valence-electron chi connectivity index (χ4n) is 2.69. The van der Waals surface area contributed by atoms with E-state index in [1.165, 1.54) is 30.0 Å². The van der Waals surface area contributed by atoms with Crippen LogP contribution in [0.1, 0.15) is 15.9 Å². The first kappa shape index (κ1) is 21.5. The summed E-state index contributed by atoms with van der Waals surface area (Å²) in [6.07, 6.45) is 1.73. The van der Waals surface area contributed by atoms with Gasteiger partial charge in [-0.25, -0.2) is 9.78 Å². The highest BCUT2D eigenvalue weighted by atomic mass is 32.2. The van der Waals surface area contributed by atoms with Gasteiger partial charge in [0.2, 0.25) is 0 Å². The van der Waals surface area contributed by atoms with Gasteiger partial charge in [-0.05, 0) is 24.5 Å². The predicted molar refractivity (Wildman–Crippen MR) is 111 cm³/mol. The van der Waals surface area contributed by atoms with E-state index in [1.807, 2.05) is 6.07 Å². The third-order valence-electron chi connectivity index (χ3n) is 4.12. The number of nitro groups is 1. The minimum Gasteiger partial charge on any atom is -0.465 e. The summed E-state index contributed by atoms with van der Waals surface area (Å²) in [5.41, 5.74) is -0.516. The molecule has 0 aliphatic carbocycles. The number of nitrogens with one attached hydrogen (secondary N) is 1. The summed E-state index contributed by atoms with van der Waals surface area (Å²) in [5.74, 6) is -0.505. The van der Waals surface area contributed by atoms with Gasteiger partial charge in [0.15, 0.2) is 5.16 Å². The second-order valence-corrected chi connectivity index (χ2v) is 6.76. The summed E-state index contributed by atoms with van der Waals surface area (Å²) < 4.78 is 10.4. The van der Waals surface area contributed by atoms with Crippen molar-refractivity contribution in [2.45, 2.75) is 5.16 Å². The van der Waals surface area contributed by atoms with Crippen molar-refractivity contribution in [3.63, 3.8) is 0 Å². The molecule has 0 fully saturated rings. The monoisotopic (exact) mass is 438 g/mol. The smallest absolute Gasteiger partial charge is 0.341 e. The van der Waals surface area contributed by atoms with Crippen molar-refractivity contribution in [3.8, 4) is 28.8 Å². The number of nitriles is 1. The molecule has 2 aromatic carbocycles. The van der Waals surface area contributed by atoms with Gasteiger partial charge < -0.3 is 14.5 Å². The van der Waals surface area contributed by atoms with Crippen LogP contribution >= 0.6 is 11.8 Å². The molecular weight excluding hydrogens is 424 g/mol. The van der Waals surface area contributed by atoms with Crippen LogP contribution in [0.15, 0.2) is 52.4 Å². The number of nitrogens with zero attached hydrogens (tertiary/aromatic N) is 3. The highest BCUT2D eigenvalue weighted by Gasteiger charge is 2.20. The molecule has 0 unspecified atom stereocenters. The molecule has 156 valence electrons. The van der Waals surface area contributed by atoms with E-state index in [0.29, 0.717) is 10.7 Å². The van der Waals surface area contributed by atoms with Gasteiger partial charge >= 0.3 is 5.97 Å². The summed E-state index contributed by atoms with van der Waals surface area (Å²) in [6, 6.07) is 11.8. The first-order chi connectivity index (χ1) is 14.9. The van der Waals surface area contributed by atoms with Gasteiger partial charge in [0.1, 0.15) is 28.7 Å². The van der Waals surface area contributed by atoms with E-state index in [-0.39, 0.29) is 34.0 Å². The molecule has 1 aromatic heterocycles. The second kappa shape index (κ2) is 9.10. The maximum Gasteiger partial charge on any atom is 0.341 e. The SMILES string of the molecule is COC(=O)c1cc([N+](=O)[O-])ccc1Oc1cccc(-c2nc(SC)[nH]c(=O)c2C#N)c1. The summed E-state index contributed by atoms with van der Waals surface area (Å²) >= 11 is 1.22. The summed E-state index contributed by atoms with van der Waals surface area (Å²) in [5, 5.41) is 20.7. The van der Waals surface area contributed by atoms with Crippen LogP contribution in [0.2, 0.25) is 0 Å². The molecule has 10 nitrogen and oxygen atoms in total. The summed E-state index contributed by atoms with van der Waals surface area (Å²) in [7, 11) is 1.15.